The molecule has 0 heterocycles. The molecule has 1 N–H and O–H groups in total. The van der Waals surface area contributed by atoms with Gasteiger partial charge in [0.25, 0.3) is 0 Å². The molecule has 0 aromatic heterocycles. The van der Waals surface area contributed by atoms with Crippen LogP contribution < -0.4 is 0 Å². The van der Waals surface area contributed by atoms with Crippen LogP contribution >= 0.6 is 0 Å². The maximum atomic E-state index is 11.5. The van der Waals surface area contributed by atoms with E-state index in [-0.39, 0.29) is 6.42 Å². The number of carbonyl (C=O) groups is 2. The average Bonchev–Trinajstić information content (AvgIpc) is 2.09. The van der Waals surface area contributed by atoms with Gasteiger partial charge in [-0.2, -0.15) is 0 Å². The molecule has 0 spiro atoms. The molecule has 0 bridgehead atoms. The van der Waals surface area contributed by atoms with Crippen molar-refractivity contribution in [3.63, 3.8) is 0 Å². The minimum Gasteiger partial charge on any atom is -0.469 e. The fourth-order valence-electron chi connectivity index (χ4n) is 1.16. The topological polar surface area (TPSA) is 72.8 Å². The summed E-state index contributed by atoms with van der Waals surface area (Å²) in [4.78, 5) is 22.7. The SMILES string of the molecule is COC(=O)[C@@H](CC(=O)OC(C)(C)C)[C@H](C)O. The van der Waals surface area contributed by atoms with E-state index in [2.05, 4.69) is 4.74 Å². The second kappa shape index (κ2) is 5.84. The molecule has 0 fully saturated rings. The van der Waals surface area contributed by atoms with Crippen molar-refractivity contribution in [1.29, 1.82) is 0 Å². The lowest BCUT2D eigenvalue weighted by Gasteiger charge is -2.22. The van der Waals surface area contributed by atoms with Crippen LogP contribution in [0.5, 0.6) is 0 Å². The van der Waals surface area contributed by atoms with Crippen LogP contribution in [0.1, 0.15) is 34.1 Å². The summed E-state index contributed by atoms with van der Waals surface area (Å²) in [5, 5.41) is 9.35. The Balaban J connectivity index is 4.42. The Morgan fingerprint density at radius 2 is 1.81 bits per heavy atom. The summed E-state index contributed by atoms with van der Waals surface area (Å²) in [6.07, 6.45) is -1.12. The van der Waals surface area contributed by atoms with E-state index in [1.165, 1.54) is 14.0 Å². The van der Waals surface area contributed by atoms with Gasteiger partial charge in [-0.3, -0.25) is 9.59 Å². The second-order valence-corrected chi connectivity index (χ2v) is 4.66. The lowest BCUT2D eigenvalue weighted by molar-refractivity contribution is -0.163. The number of aliphatic hydroxyl groups is 1. The van der Waals surface area contributed by atoms with E-state index < -0.39 is 29.6 Å². The van der Waals surface area contributed by atoms with E-state index in [0.29, 0.717) is 0 Å². The van der Waals surface area contributed by atoms with Gasteiger partial charge in [-0.05, 0) is 27.7 Å². The summed E-state index contributed by atoms with van der Waals surface area (Å²) in [7, 11) is 1.22. The van der Waals surface area contributed by atoms with Gasteiger partial charge in [-0.15, -0.1) is 0 Å². The highest BCUT2D eigenvalue weighted by molar-refractivity contribution is 5.80. The molecule has 0 amide bonds. The van der Waals surface area contributed by atoms with Gasteiger partial charge in [0.1, 0.15) is 5.60 Å². The van der Waals surface area contributed by atoms with Crippen LogP contribution in [-0.2, 0) is 19.1 Å². The molecule has 2 atom stereocenters. The van der Waals surface area contributed by atoms with Gasteiger partial charge in [0.05, 0.1) is 25.6 Å². The normalized spacial score (nSPS) is 15.1. The Hall–Kier alpha value is -1.10. The molecule has 5 heteroatoms. The first-order valence-electron chi connectivity index (χ1n) is 5.15. The number of aliphatic hydroxyl groups excluding tert-OH is 1. The van der Waals surface area contributed by atoms with E-state index in [0.717, 1.165) is 0 Å². The molecule has 0 aromatic carbocycles. The number of esters is 2. The fraction of sp³-hybridized carbons (Fsp3) is 0.818. The Labute approximate surface area is 95.7 Å². The van der Waals surface area contributed by atoms with Crippen molar-refractivity contribution in [2.24, 2.45) is 5.92 Å². The Morgan fingerprint density at radius 3 is 2.12 bits per heavy atom. The first-order valence-corrected chi connectivity index (χ1v) is 5.15. The van der Waals surface area contributed by atoms with Crippen LogP contribution in [0.15, 0.2) is 0 Å². The zero-order valence-electron chi connectivity index (χ0n) is 10.4. The van der Waals surface area contributed by atoms with Crippen LogP contribution in [0.25, 0.3) is 0 Å². The fourth-order valence-corrected chi connectivity index (χ4v) is 1.16. The van der Waals surface area contributed by atoms with Gasteiger partial charge in [0, 0.05) is 0 Å². The molecule has 16 heavy (non-hydrogen) atoms. The van der Waals surface area contributed by atoms with Crippen LogP contribution in [0.2, 0.25) is 0 Å². The lowest BCUT2D eigenvalue weighted by atomic mass is 10.00. The number of carbonyl (C=O) groups excluding carboxylic acids is 2. The molecule has 0 aromatic rings. The number of rotatable bonds is 4. The van der Waals surface area contributed by atoms with E-state index in [1.807, 2.05) is 0 Å². The molecule has 0 aliphatic rings. The Morgan fingerprint density at radius 1 is 1.31 bits per heavy atom. The van der Waals surface area contributed by atoms with Gasteiger partial charge in [-0.25, -0.2) is 0 Å². The third-order valence-electron chi connectivity index (χ3n) is 1.89. The monoisotopic (exact) mass is 232 g/mol. The third-order valence-corrected chi connectivity index (χ3v) is 1.89. The molecule has 0 saturated carbocycles. The summed E-state index contributed by atoms with van der Waals surface area (Å²) in [5.41, 5.74) is -0.601. The molecule has 0 aliphatic heterocycles. The smallest absolute Gasteiger partial charge is 0.311 e. The van der Waals surface area contributed by atoms with Crippen molar-refractivity contribution in [2.75, 3.05) is 7.11 Å². The van der Waals surface area contributed by atoms with Gasteiger partial charge in [-0.1, -0.05) is 0 Å². The Bertz CT molecular complexity index is 252. The molecule has 0 rings (SSSR count). The summed E-state index contributed by atoms with van der Waals surface area (Å²) in [5.74, 6) is -2.01. The van der Waals surface area contributed by atoms with Gasteiger partial charge >= 0.3 is 11.9 Å². The summed E-state index contributed by atoms with van der Waals surface area (Å²) in [6, 6.07) is 0. The second-order valence-electron chi connectivity index (χ2n) is 4.66. The van der Waals surface area contributed by atoms with E-state index in [4.69, 9.17) is 4.74 Å². The van der Waals surface area contributed by atoms with Crippen molar-refractivity contribution < 1.29 is 24.2 Å². The number of hydrogen-bond donors (Lipinski definition) is 1. The summed E-state index contributed by atoms with van der Waals surface area (Å²) >= 11 is 0. The predicted octanol–water partition coefficient (Wildman–Crippen LogP) is 0.888. The highest BCUT2D eigenvalue weighted by Crippen LogP contribution is 2.15. The van der Waals surface area contributed by atoms with Crippen molar-refractivity contribution in [1.82, 2.24) is 0 Å². The molecular formula is C11H20O5. The van der Waals surface area contributed by atoms with E-state index >= 15 is 0 Å². The Kier molecular flexibility index (Phi) is 5.44. The minimum absolute atomic E-state index is 0.179. The first-order chi connectivity index (χ1) is 7.17. The predicted molar refractivity (Wildman–Crippen MR) is 57.6 cm³/mol. The maximum Gasteiger partial charge on any atom is 0.311 e. The standard InChI is InChI=1S/C11H20O5/c1-7(12)8(10(14)15-5)6-9(13)16-11(2,3)4/h7-8,12H,6H2,1-5H3/t7-,8-/m0/s1. The van der Waals surface area contributed by atoms with Crippen LogP contribution in [0.3, 0.4) is 0 Å². The highest BCUT2D eigenvalue weighted by Gasteiger charge is 2.29. The van der Waals surface area contributed by atoms with Gasteiger partial charge < -0.3 is 14.6 Å². The zero-order valence-corrected chi connectivity index (χ0v) is 10.4. The molecule has 5 nitrogen and oxygen atoms in total. The third kappa shape index (κ3) is 5.70. The molecule has 94 valence electrons. The number of hydrogen-bond acceptors (Lipinski definition) is 5. The van der Waals surface area contributed by atoms with Crippen LogP contribution in [0, 0.1) is 5.92 Å². The van der Waals surface area contributed by atoms with Gasteiger partial charge in [0.15, 0.2) is 0 Å². The highest BCUT2D eigenvalue weighted by atomic mass is 16.6. The molecular weight excluding hydrogens is 212 g/mol. The maximum absolute atomic E-state index is 11.5. The first kappa shape index (κ1) is 14.9. The lowest BCUT2D eigenvalue weighted by Crippen LogP contribution is -2.32. The van der Waals surface area contributed by atoms with Gasteiger partial charge in [0.2, 0.25) is 0 Å². The zero-order chi connectivity index (χ0) is 12.9. The average molecular weight is 232 g/mol. The molecule has 0 radical (unpaired) electrons. The van der Waals surface area contributed by atoms with E-state index in [1.54, 1.807) is 20.8 Å². The van der Waals surface area contributed by atoms with Crippen molar-refractivity contribution in [3.8, 4) is 0 Å². The van der Waals surface area contributed by atoms with E-state index in [9.17, 15) is 14.7 Å². The number of ether oxygens (including phenoxy) is 2. The quantitative estimate of drug-likeness (QED) is 0.729. The van der Waals surface area contributed by atoms with Crippen LogP contribution in [-0.4, -0.2) is 35.9 Å². The minimum atomic E-state index is -0.944. The molecule has 0 unspecified atom stereocenters. The number of methoxy groups -OCH3 is 1. The largest absolute Gasteiger partial charge is 0.469 e. The summed E-state index contributed by atoms with van der Waals surface area (Å²) in [6.45, 7) is 6.65. The molecule has 0 saturated heterocycles. The van der Waals surface area contributed by atoms with Crippen molar-refractivity contribution in [2.45, 2.75) is 45.8 Å². The molecule has 0 aliphatic carbocycles. The van der Waals surface area contributed by atoms with Crippen molar-refractivity contribution in [3.05, 3.63) is 0 Å². The van der Waals surface area contributed by atoms with Crippen LogP contribution in [0.4, 0.5) is 0 Å². The van der Waals surface area contributed by atoms with Crippen molar-refractivity contribution >= 4 is 11.9 Å². The summed E-state index contributed by atoms with van der Waals surface area (Å²) < 4.78 is 9.55.